The van der Waals surface area contributed by atoms with E-state index in [9.17, 15) is 13.6 Å². The molecule has 0 bridgehead atoms. The maximum absolute atomic E-state index is 13.1. The fourth-order valence-electron chi connectivity index (χ4n) is 1.64. The van der Waals surface area contributed by atoms with Crippen molar-refractivity contribution in [2.24, 2.45) is 0 Å². The highest BCUT2D eigenvalue weighted by atomic mass is 79.9. The van der Waals surface area contributed by atoms with Crippen LogP contribution >= 0.6 is 15.9 Å². The van der Waals surface area contributed by atoms with Gasteiger partial charge in [0, 0.05) is 13.6 Å². The Kier molecular flexibility index (Phi) is 3.99. The Morgan fingerprint density at radius 2 is 2.05 bits per heavy atom. The molecule has 1 aromatic heterocycles. The third-order valence-corrected chi connectivity index (χ3v) is 3.21. The number of rotatable bonds is 3. The summed E-state index contributed by atoms with van der Waals surface area (Å²) < 4.78 is 31.2. The molecule has 0 N–H and O–H groups in total. The Hall–Kier alpha value is -1.69. The zero-order chi connectivity index (χ0) is 14.0. The van der Waals surface area contributed by atoms with Crippen molar-refractivity contribution >= 4 is 21.8 Å². The number of halogens is 3. The first kappa shape index (κ1) is 13.7. The van der Waals surface area contributed by atoms with Crippen molar-refractivity contribution < 1.29 is 18.0 Å². The van der Waals surface area contributed by atoms with Crippen molar-refractivity contribution in [1.82, 2.24) is 4.90 Å². The molecule has 0 saturated heterocycles. The Morgan fingerprint density at radius 3 is 2.63 bits per heavy atom. The maximum Gasteiger partial charge on any atom is 0.258 e. The van der Waals surface area contributed by atoms with Gasteiger partial charge in [-0.2, -0.15) is 0 Å². The number of hydrogen-bond acceptors (Lipinski definition) is 2. The largest absolute Gasteiger partial charge is 0.457 e. The second-order valence-electron chi connectivity index (χ2n) is 4.02. The minimum Gasteiger partial charge on any atom is -0.457 e. The van der Waals surface area contributed by atoms with Gasteiger partial charge in [0.2, 0.25) is 0 Å². The zero-order valence-electron chi connectivity index (χ0n) is 9.99. The van der Waals surface area contributed by atoms with Crippen LogP contribution in [0.3, 0.4) is 0 Å². The molecule has 19 heavy (non-hydrogen) atoms. The Morgan fingerprint density at radius 1 is 1.32 bits per heavy atom. The molecule has 0 aliphatic carbocycles. The molecule has 0 saturated carbocycles. The van der Waals surface area contributed by atoms with Crippen molar-refractivity contribution in [3.8, 4) is 0 Å². The van der Waals surface area contributed by atoms with Crippen LogP contribution < -0.4 is 0 Å². The average Bonchev–Trinajstić information content (AvgIpc) is 2.79. The van der Waals surface area contributed by atoms with Crippen molar-refractivity contribution in [1.29, 1.82) is 0 Å². The van der Waals surface area contributed by atoms with Crippen LogP contribution in [-0.2, 0) is 6.54 Å². The highest BCUT2D eigenvalue weighted by Crippen LogP contribution is 2.20. The topological polar surface area (TPSA) is 33.5 Å². The molecule has 1 heterocycles. The van der Waals surface area contributed by atoms with Gasteiger partial charge in [-0.3, -0.25) is 4.79 Å². The van der Waals surface area contributed by atoms with Crippen LogP contribution in [0.25, 0.3) is 0 Å². The highest BCUT2D eigenvalue weighted by molar-refractivity contribution is 9.10. The number of carbonyl (C=O) groups is 1. The predicted molar refractivity (Wildman–Crippen MR) is 68.6 cm³/mol. The number of benzene rings is 1. The molecule has 0 spiro atoms. The first-order valence-corrected chi connectivity index (χ1v) is 6.20. The van der Waals surface area contributed by atoms with Crippen LogP contribution in [0.2, 0.25) is 0 Å². The second kappa shape index (κ2) is 5.52. The molecule has 2 aromatic rings. The lowest BCUT2D eigenvalue weighted by atomic mass is 10.2. The van der Waals surface area contributed by atoms with Crippen LogP contribution in [0.5, 0.6) is 0 Å². The van der Waals surface area contributed by atoms with Crippen LogP contribution in [0, 0.1) is 11.6 Å². The van der Waals surface area contributed by atoms with E-state index in [-0.39, 0.29) is 12.5 Å². The quantitative estimate of drug-likeness (QED) is 0.862. The Balaban J connectivity index is 2.13. The molecule has 0 unspecified atom stereocenters. The van der Waals surface area contributed by atoms with E-state index < -0.39 is 11.6 Å². The molecule has 0 radical (unpaired) electrons. The summed E-state index contributed by atoms with van der Waals surface area (Å²) in [6.07, 6.45) is 1.39. The summed E-state index contributed by atoms with van der Waals surface area (Å²) in [6, 6.07) is 5.08. The summed E-state index contributed by atoms with van der Waals surface area (Å²) in [7, 11) is 1.57. The summed E-state index contributed by atoms with van der Waals surface area (Å²) >= 11 is 3.12. The van der Waals surface area contributed by atoms with Crippen LogP contribution in [0.1, 0.15) is 15.9 Å². The molecule has 0 aliphatic heterocycles. The van der Waals surface area contributed by atoms with E-state index in [1.165, 1.54) is 23.3 Å². The van der Waals surface area contributed by atoms with E-state index in [0.29, 0.717) is 15.8 Å². The molecule has 6 heteroatoms. The highest BCUT2D eigenvalue weighted by Gasteiger charge is 2.17. The van der Waals surface area contributed by atoms with Crippen LogP contribution in [0.15, 0.2) is 39.6 Å². The van der Waals surface area contributed by atoms with Crippen molar-refractivity contribution in [3.63, 3.8) is 0 Å². The number of furan rings is 1. The number of nitrogens with zero attached hydrogens (tertiary/aromatic N) is 1. The fourth-order valence-corrected chi connectivity index (χ4v) is 2.05. The third kappa shape index (κ3) is 3.01. The number of carbonyl (C=O) groups excluding carboxylic acids is 1. The molecule has 2 rings (SSSR count). The minimum atomic E-state index is -0.928. The normalized spacial score (nSPS) is 10.5. The minimum absolute atomic E-state index is 0.174. The van der Waals surface area contributed by atoms with E-state index >= 15 is 0 Å². The zero-order valence-corrected chi connectivity index (χ0v) is 11.6. The molecular formula is C13H10BrF2NO2. The summed E-state index contributed by atoms with van der Waals surface area (Å²) in [4.78, 5) is 13.4. The molecule has 1 aromatic carbocycles. The molecule has 0 aliphatic rings. The summed E-state index contributed by atoms with van der Waals surface area (Å²) in [5.74, 6) is -2.11. The van der Waals surface area contributed by atoms with Crippen LogP contribution in [0.4, 0.5) is 8.78 Å². The lowest BCUT2D eigenvalue weighted by Crippen LogP contribution is -2.26. The van der Waals surface area contributed by atoms with E-state index in [1.807, 2.05) is 0 Å². The van der Waals surface area contributed by atoms with Gasteiger partial charge in [0.15, 0.2) is 16.3 Å². The molecule has 3 nitrogen and oxygen atoms in total. The van der Waals surface area contributed by atoms with Crippen molar-refractivity contribution in [2.45, 2.75) is 6.54 Å². The Bertz CT molecular complexity index is 612. The molecule has 100 valence electrons. The first-order valence-electron chi connectivity index (χ1n) is 5.41. The summed E-state index contributed by atoms with van der Waals surface area (Å²) in [5, 5.41) is 0. The van der Waals surface area contributed by atoms with Gasteiger partial charge in [0.25, 0.3) is 5.91 Å². The first-order chi connectivity index (χ1) is 8.99. The lowest BCUT2D eigenvalue weighted by Gasteiger charge is -2.16. The van der Waals surface area contributed by atoms with Gasteiger partial charge in [-0.25, -0.2) is 8.78 Å². The summed E-state index contributed by atoms with van der Waals surface area (Å²) in [5.41, 5.74) is 0.888. The van der Waals surface area contributed by atoms with Crippen LogP contribution in [-0.4, -0.2) is 17.9 Å². The van der Waals surface area contributed by atoms with E-state index in [1.54, 1.807) is 7.05 Å². The second-order valence-corrected chi connectivity index (χ2v) is 4.74. The van der Waals surface area contributed by atoms with Gasteiger partial charge in [-0.1, -0.05) is 6.07 Å². The van der Waals surface area contributed by atoms with Gasteiger partial charge >= 0.3 is 0 Å². The standard InChI is InChI=1S/C13H10BrF2NO2/c1-17(13(18)9-4-5-19-12(9)14)7-8-2-3-10(15)11(16)6-8/h2-6H,7H2,1H3. The number of amides is 1. The molecular weight excluding hydrogens is 320 g/mol. The van der Waals surface area contributed by atoms with E-state index in [4.69, 9.17) is 4.42 Å². The third-order valence-electron chi connectivity index (χ3n) is 2.60. The Labute approximate surface area is 116 Å². The van der Waals surface area contributed by atoms with Crippen molar-refractivity contribution in [2.75, 3.05) is 7.05 Å². The maximum atomic E-state index is 13.1. The molecule has 1 amide bonds. The van der Waals surface area contributed by atoms with Crippen molar-refractivity contribution in [3.05, 3.63) is 58.0 Å². The van der Waals surface area contributed by atoms with Gasteiger partial charge in [-0.05, 0) is 39.7 Å². The smallest absolute Gasteiger partial charge is 0.258 e. The summed E-state index contributed by atoms with van der Waals surface area (Å²) in [6.45, 7) is 0.174. The number of hydrogen-bond donors (Lipinski definition) is 0. The van der Waals surface area contributed by atoms with Gasteiger partial charge in [0.1, 0.15) is 0 Å². The van der Waals surface area contributed by atoms with E-state index in [2.05, 4.69) is 15.9 Å². The van der Waals surface area contributed by atoms with Gasteiger partial charge in [-0.15, -0.1) is 0 Å². The SMILES string of the molecule is CN(Cc1ccc(F)c(F)c1)C(=O)c1ccoc1Br. The monoisotopic (exact) mass is 329 g/mol. The predicted octanol–water partition coefficient (Wildman–Crippen LogP) is 3.59. The fraction of sp³-hybridized carbons (Fsp3) is 0.154. The molecule has 0 fully saturated rings. The van der Waals surface area contributed by atoms with Gasteiger partial charge < -0.3 is 9.32 Å². The average molecular weight is 330 g/mol. The lowest BCUT2D eigenvalue weighted by molar-refractivity contribution is 0.0783. The van der Waals surface area contributed by atoms with Gasteiger partial charge in [0.05, 0.1) is 11.8 Å². The molecule has 0 atom stereocenters. The van der Waals surface area contributed by atoms with E-state index in [0.717, 1.165) is 12.1 Å².